The van der Waals surface area contributed by atoms with Gasteiger partial charge in [-0.05, 0) is 75.6 Å². The summed E-state index contributed by atoms with van der Waals surface area (Å²) in [6.45, 7) is 2.01. The highest BCUT2D eigenvalue weighted by Crippen LogP contribution is 2.34. The molecule has 0 saturated carbocycles. The van der Waals surface area contributed by atoms with Crippen molar-refractivity contribution in [3.63, 3.8) is 0 Å². The second kappa shape index (κ2) is 10.7. The molecule has 3 amide bonds. The number of hydrogen-bond acceptors (Lipinski definition) is 5. The number of imide groups is 1. The van der Waals surface area contributed by atoms with Crippen LogP contribution < -0.4 is 10.1 Å². The van der Waals surface area contributed by atoms with Gasteiger partial charge in [0.25, 0.3) is 17.1 Å². The van der Waals surface area contributed by atoms with Crippen LogP contribution in [0, 0.1) is 6.92 Å². The Morgan fingerprint density at radius 2 is 1.79 bits per heavy atom. The molecule has 0 unspecified atom stereocenters. The topological polar surface area (TPSA) is 75.7 Å². The second-order valence-corrected chi connectivity index (χ2v) is 9.44. The molecule has 172 valence electrons. The molecule has 3 aromatic rings. The summed E-state index contributed by atoms with van der Waals surface area (Å²) >= 11 is 4.37. The van der Waals surface area contributed by atoms with Crippen molar-refractivity contribution >= 4 is 56.5 Å². The third-order valence-electron chi connectivity index (χ3n) is 5.09. The third-order valence-corrected chi connectivity index (χ3v) is 6.62. The number of amides is 3. The van der Waals surface area contributed by atoms with Crippen molar-refractivity contribution in [2.75, 3.05) is 11.9 Å². The van der Waals surface area contributed by atoms with E-state index in [9.17, 15) is 14.4 Å². The quantitative estimate of drug-likeness (QED) is 0.374. The Bertz CT molecular complexity index is 1280. The fourth-order valence-corrected chi connectivity index (χ4v) is 4.67. The minimum absolute atomic E-state index is 0.148. The molecule has 0 spiro atoms. The van der Waals surface area contributed by atoms with Crippen LogP contribution in [0.1, 0.15) is 16.7 Å². The number of ether oxygens (including phenoxy) is 1. The molecule has 1 saturated heterocycles. The van der Waals surface area contributed by atoms with Crippen LogP contribution in [0.3, 0.4) is 0 Å². The standard InChI is InChI=1S/C26H21BrN2O4S/c1-17-7-5-6-10-21(17)28-24(30)16-33-22-12-11-19(13-20(22)27)14-23-25(31)29(26(32)34-23)15-18-8-3-2-4-9-18/h2-14H,15-16H2,1H3,(H,28,30)/b23-14-. The molecule has 3 aromatic carbocycles. The maximum Gasteiger partial charge on any atom is 0.293 e. The molecule has 0 aliphatic carbocycles. The smallest absolute Gasteiger partial charge is 0.293 e. The number of halogens is 1. The minimum atomic E-state index is -0.317. The summed E-state index contributed by atoms with van der Waals surface area (Å²) in [5, 5.41) is 2.53. The van der Waals surface area contributed by atoms with Gasteiger partial charge in [-0.3, -0.25) is 19.3 Å². The molecule has 0 aromatic heterocycles. The Balaban J connectivity index is 1.39. The molecule has 0 bridgehead atoms. The summed E-state index contributed by atoms with van der Waals surface area (Å²) in [5.74, 6) is -0.0881. The van der Waals surface area contributed by atoms with Gasteiger partial charge < -0.3 is 10.1 Å². The zero-order valence-corrected chi connectivity index (χ0v) is 20.7. The molecular weight excluding hydrogens is 516 g/mol. The van der Waals surface area contributed by atoms with E-state index in [-0.39, 0.29) is 30.2 Å². The first-order valence-electron chi connectivity index (χ1n) is 10.5. The lowest BCUT2D eigenvalue weighted by atomic mass is 10.2. The largest absolute Gasteiger partial charge is 0.483 e. The Morgan fingerprint density at radius 1 is 1.06 bits per heavy atom. The number of carbonyl (C=O) groups excluding carboxylic acids is 3. The van der Waals surface area contributed by atoms with Crippen LogP contribution in [0.25, 0.3) is 6.08 Å². The van der Waals surface area contributed by atoms with Crippen LogP contribution >= 0.6 is 27.7 Å². The van der Waals surface area contributed by atoms with Gasteiger partial charge >= 0.3 is 0 Å². The summed E-state index contributed by atoms with van der Waals surface area (Å²) in [6.07, 6.45) is 1.68. The fourth-order valence-electron chi connectivity index (χ4n) is 3.32. The van der Waals surface area contributed by atoms with Gasteiger partial charge in [-0.2, -0.15) is 0 Å². The summed E-state index contributed by atoms with van der Waals surface area (Å²) < 4.78 is 6.28. The molecular formula is C26H21BrN2O4S. The maximum absolute atomic E-state index is 12.8. The number of anilines is 1. The number of para-hydroxylation sites is 1. The number of rotatable bonds is 7. The number of aryl methyl sites for hydroxylation is 1. The second-order valence-electron chi connectivity index (χ2n) is 7.60. The van der Waals surface area contributed by atoms with Gasteiger partial charge in [0.2, 0.25) is 0 Å². The minimum Gasteiger partial charge on any atom is -0.483 e. The van der Waals surface area contributed by atoms with Crippen molar-refractivity contribution in [3.8, 4) is 5.75 Å². The molecule has 1 aliphatic heterocycles. The number of thioether (sulfide) groups is 1. The van der Waals surface area contributed by atoms with Crippen molar-refractivity contribution in [2.24, 2.45) is 0 Å². The summed E-state index contributed by atoms with van der Waals surface area (Å²) in [5.41, 5.74) is 3.33. The van der Waals surface area contributed by atoms with Crippen LogP contribution in [0.5, 0.6) is 5.75 Å². The number of nitrogens with one attached hydrogen (secondary N) is 1. The van der Waals surface area contributed by atoms with E-state index >= 15 is 0 Å². The normalized spacial score (nSPS) is 14.5. The summed E-state index contributed by atoms with van der Waals surface area (Å²) in [7, 11) is 0. The lowest BCUT2D eigenvalue weighted by Crippen LogP contribution is -2.27. The van der Waals surface area contributed by atoms with Crippen LogP contribution in [0.15, 0.2) is 82.2 Å². The van der Waals surface area contributed by atoms with E-state index in [0.29, 0.717) is 15.1 Å². The van der Waals surface area contributed by atoms with Gasteiger partial charge in [0.1, 0.15) is 5.75 Å². The van der Waals surface area contributed by atoms with E-state index in [1.807, 2.05) is 61.5 Å². The van der Waals surface area contributed by atoms with Crippen LogP contribution in [0.4, 0.5) is 10.5 Å². The van der Waals surface area contributed by atoms with E-state index in [0.717, 1.165) is 34.1 Å². The average molecular weight is 537 g/mol. The Morgan fingerprint density at radius 3 is 2.53 bits per heavy atom. The summed E-state index contributed by atoms with van der Waals surface area (Å²) in [6, 6.07) is 22.2. The third kappa shape index (κ3) is 5.76. The molecule has 1 aliphatic rings. The lowest BCUT2D eigenvalue weighted by Gasteiger charge is -2.12. The maximum atomic E-state index is 12.8. The van der Waals surface area contributed by atoms with E-state index in [2.05, 4.69) is 21.2 Å². The average Bonchev–Trinajstić information content (AvgIpc) is 3.08. The van der Waals surface area contributed by atoms with Crippen molar-refractivity contribution in [2.45, 2.75) is 13.5 Å². The number of hydrogen-bond donors (Lipinski definition) is 1. The van der Waals surface area contributed by atoms with E-state index < -0.39 is 0 Å². The Kier molecular flexibility index (Phi) is 7.49. The first-order chi connectivity index (χ1) is 16.4. The van der Waals surface area contributed by atoms with Crippen LogP contribution in [-0.4, -0.2) is 28.6 Å². The number of benzene rings is 3. The van der Waals surface area contributed by atoms with Crippen molar-refractivity contribution in [3.05, 3.63) is 98.9 Å². The van der Waals surface area contributed by atoms with Crippen LogP contribution in [-0.2, 0) is 16.1 Å². The first kappa shape index (κ1) is 23.8. The molecule has 6 nitrogen and oxygen atoms in total. The van der Waals surface area contributed by atoms with E-state index in [1.54, 1.807) is 24.3 Å². The lowest BCUT2D eigenvalue weighted by molar-refractivity contribution is -0.123. The number of nitrogens with zero attached hydrogens (tertiary/aromatic N) is 1. The fraction of sp³-hybridized carbons (Fsp3) is 0.115. The summed E-state index contributed by atoms with van der Waals surface area (Å²) in [4.78, 5) is 39.0. The van der Waals surface area contributed by atoms with Gasteiger partial charge in [0, 0.05) is 5.69 Å². The molecule has 4 rings (SSSR count). The molecule has 34 heavy (non-hydrogen) atoms. The van der Waals surface area contributed by atoms with Gasteiger partial charge in [-0.1, -0.05) is 54.6 Å². The van der Waals surface area contributed by atoms with Crippen molar-refractivity contribution in [1.29, 1.82) is 0 Å². The predicted molar refractivity (Wildman–Crippen MR) is 137 cm³/mol. The zero-order chi connectivity index (χ0) is 24.1. The van der Waals surface area contributed by atoms with Gasteiger partial charge in [-0.25, -0.2) is 0 Å². The van der Waals surface area contributed by atoms with Gasteiger partial charge in [-0.15, -0.1) is 0 Å². The molecule has 1 N–H and O–H groups in total. The number of carbonyl (C=O) groups is 3. The zero-order valence-electron chi connectivity index (χ0n) is 18.3. The Hall–Kier alpha value is -3.36. The molecule has 1 fully saturated rings. The molecule has 1 heterocycles. The highest BCUT2D eigenvalue weighted by atomic mass is 79.9. The molecule has 8 heteroatoms. The van der Waals surface area contributed by atoms with E-state index in [1.165, 1.54) is 4.90 Å². The van der Waals surface area contributed by atoms with Gasteiger partial charge in [0.05, 0.1) is 15.9 Å². The molecule has 0 radical (unpaired) electrons. The molecule has 0 atom stereocenters. The highest BCUT2D eigenvalue weighted by molar-refractivity contribution is 9.10. The monoisotopic (exact) mass is 536 g/mol. The highest BCUT2D eigenvalue weighted by Gasteiger charge is 2.34. The predicted octanol–water partition coefficient (Wildman–Crippen LogP) is 6.01. The SMILES string of the molecule is Cc1ccccc1NC(=O)COc1ccc(/C=C2\SC(=O)N(Cc3ccccc3)C2=O)cc1Br. The Labute approximate surface area is 210 Å². The van der Waals surface area contributed by atoms with Gasteiger partial charge in [0.15, 0.2) is 6.61 Å². The van der Waals surface area contributed by atoms with Crippen LogP contribution in [0.2, 0.25) is 0 Å². The first-order valence-corrected chi connectivity index (χ1v) is 12.1. The van der Waals surface area contributed by atoms with E-state index in [4.69, 9.17) is 4.74 Å². The van der Waals surface area contributed by atoms with Crippen molar-refractivity contribution in [1.82, 2.24) is 4.90 Å². The van der Waals surface area contributed by atoms with Crippen molar-refractivity contribution < 1.29 is 19.1 Å².